The van der Waals surface area contributed by atoms with Crippen LogP contribution in [0.5, 0.6) is 0 Å². The number of fused-ring (bicyclic) bond motifs is 1. The normalized spacial score (nSPS) is 10.5. The molecule has 0 saturated carbocycles. The summed E-state index contributed by atoms with van der Waals surface area (Å²) in [5.74, 6) is 0. The molecule has 1 heterocycles. The van der Waals surface area contributed by atoms with Crippen molar-refractivity contribution in [1.29, 1.82) is 0 Å². The van der Waals surface area contributed by atoms with Crippen molar-refractivity contribution in [3.63, 3.8) is 0 Å². The first kappa shape index (κ1) is 8.51. The van der Waals surface area contributed by atoms with Crippen molar-refractivity contribution in [2.24, 2.45) is 0 Å². The molecule has 0 unspecified atom stereocenters. The minimum absolute atomic E-state index is 0.480. The van der Waals surface area contributed by atoms with Gasteiger partial charge in [-0.3, -0.25) is 0 Å². The number of rotatable bonds is 2. The second kappa shape index (κ2) is 3.34. The summed E-state index contributed by atoms with van der Waals surface area (Å²) >= 11 is 3.43. The number of carbonyl (C=O) groups is 1. The van der Waals surface area contributed by atoms with Crippen molar-refractivity contribution in [3.8, 4) is 0 Å². The van der Waals surface area contributed by atoms with Crippen LogP contribution in [-0.2, 0) is 11.2 Å². The molecule has 66 valence electrons. The Hall–Kier alpha value is -1.09. The molecule has 0 saturated heterocycles. The molecular weight excluding hydrogens is 230 g/mol. The van der Waals surface area contributed by atoms with Crippen molar-refractivity contribution in [2.75, 3.05) is 0 Å². The van der Waals surface area contributed by atoms with Crippen molar-refractivity contribution >= 4 is 33.1 Å². The van der Waals surface area contributed by atoms with Crippen LogP contribution in [0.1, 0.15) is 5.56 Å². The number of hydrogen-bond acceptors (Lipinski definition) is 1. The Labute approximate surface area is 84.1 Å². The van der Waals surface area contributed by atoms with Crippen LogP contribution in [0, 0.1) is 0 Å². The smallest absolute Gasteiger partial charge is 0.124 e. The average Bonchev–Trinajstić information content (AvgIpc) is 2.49. The van der Waals surface area contributed by atoms with Crippen LogP contribution in [0.2, 0.25) is 0 Å². The lowest BCUT2D eigenvalue weighted by Crippen LogP contribution is -1.84. The third-order valence-corrected chi connectivity index (χ3v) is 2.67. The number of carbonyl (C=O) groups excluding carboxylic acids is 1. The molecule has 0 aliphatic rings. The van der Waals surface area contributed by atoms with Gasteiger partial charge in [-0.1, -0.05) is 6.07 Å². The van der Waals surface area contributed by atoms with E-state index in [9.17, 15) is 4.79 Å². The zero-order valence-electron chi connectivity index (χ0n) is 6.88. The molecule has 13 heavy (non-hydrogen) atoms. The Kier molecular flexibility index (Phi) is 2.19. The highest BCUT2D eigenvalue weighted by atomic mass is 79.9. The van der Waals surface area contributed by atoms with Crippen LogP contribution in [0.4, 0.5) is 0 Å². The minimum atomic E-state index is 0.480. The maximum absolute atomic E-state index is 10.3. The molecule has 1 aromatic carbocycles. The SMILES string of the molecule is O=CCc1ccc2[nH]cc(Br)c2c1. The topological polar surface area (TPSA) is 32.9 Å². The molecule has 3 heteroatoms. The largest absolute Gasteiger partial charge is 0.360 e. The Balaban J connectivity index is 2.58. The molecule has 0 radical (unpaired) electrons. The summed E-state index contributed by atoms with van der Waals surface area (Å²) in [6.45, 7) is 0. The molecule has 2 aromatic rings. The van der Waals surface area contributed by atoms with Crippen LogP contribution < -0.4 is 0 Å². The third-order valence-electron chi connectivity index (χ3n) is 2.01. The first-order valence-corrected chi connectivity index (χ1v) is 4.79. The van der Waals surface area contributed by atoms with Crippen LogP contribution in [0.3, 0.4) is 0 Å². The van der Waals surface area contributed by atoms with E-state index in [2.05, 4.69) is 20.9 Å². The second-order valence-corrected chi connectivity index (χ2v) is 3.74. The zero-order chi connectivity index (χ0) is 9.26. The fourth-order valence-electron chi connectivity index (χ4n) is 1.36. The summed E-state index contributed by atoms with van der Waals surface area (Å²) in [5, 5.41) is 1.12. The predicted octanol–water partition coefficient (Wildman–Crippen LogP) is 2.67. The first-order chi connectivity index (χ1) is 6.31. The lowest BCUT2D eigenvalue weighted by atomic mass is 10.1. The van der Waals surface area contributed by atoms with Gasteiger partial charge in [0.25, 0.3) is 0 Å². The first-order valence-electron chi connectivity index (χ1n) is 4.00. The Morgan fingerprint density at radius 3 is 3.08 bits per heavy atom. The standard InChI is InChI=1S/C10H8BrNO/c11-9-6-12-10-2-1-7(3-4-13)5-8(9)10/h1-2,4-6,12H,3H2. The van der Waals surface area contributed by atoms with Gasteiger partial charge in [-0.15, -0.1) is 0 Å². The minimum Gasteiger partial charge on any atom is -0.360 e. The second-order valence-electron chi connectivity index (χ2n) is 2.89. The lowest BCUT2D eigenvalue weighted by molar-refractivity contribution is -0.107. The van der Waals surface area contributed by atoms with Gasteiger partial charge in [0.05, 0.1) is 0 Å². The summed E-state index contributed by atoms with van der Waals surface area (Å²) in [6, 6.07) is 5.96. The molecule has 0 fully saturated rings. The number of H-pyrrole nitrogens is 1. The molecular formula is C10H8BrNO. The maximum atomic E-state index is 10.3. The van der Waals surface area contributed by atoms with Gasteiger partial charge in [-0.25, -0.2) is 0 Å². The van der Waals surface area contributed by atoms with Crippen LogP contribution >= 0.6 is 15.9 Å². The highest BCUT2D eigenvalue weighted by Crippen LogP contribution is 2.24. The molecule has 0 aliphatic carbocycles. The molecule has 2 rings (SSSR count). The average molecular weight is 238 g/mol. The molecule has 0 bridgehead atoms. The molecule has 1 N–H and O–H groups in total. The number of aldehydes is 1. The lowest BCUT2D eigenvalue weighted by Gasteiger charge is -1.95. The number of hydrogen-bond donors (Lipinski definition) is 1. The van der Waals surface area contributed by atoms with E-state index < -0.39 is 0 Å². The summed E-state index contributed by atoms with van der Waals surface area (Å²) < 4.78 is 1.04. The van der Waals surface area contributed by atoms with E-state index >= 15 is 0 Å². The maximum Gasteiger partial charge on any atom is 0.124 e. The fourth-order valence-corrected chi connectivity index (χ4v) is 1.80. The summed E-state index contributed by atoms with van der Waals surface area (Å²) in [7, 11) is 0. The summed E-state index contributed by atoms with van der Waals surface area (Å²) in [6.07, 6.45) is 3.30. The van der Waals surface area contributed by atoms with Gasteiger partial charge in [0, 0.05) is 28.0 Å². The Morgan fingerprint density at radius 2 is 2.31 bits per heavy atom. The van der Waals surface area contributed by atoms with E-state index in [0.717, 1.165) is 27.2 Å². The number of aromatic nitrogens is 1. The molecule has 0 amide bonds. The molecule has 2 nitrogen and oxygen atoms in total. The van der Waals surface area contributed by atoms with Crippen LogP contribution in [0.25, 0.3) is 10.9 Å². The van der Waals surface area contributed by atoms with Gasteiger partial charge in [-0.2, -0.15) is 0 Å². The Bertz CT molecular complexity index is 447. The zero-order valence-corrected chi connectivity index (χ0v) is 8.47. The fraction of sp³-hybridized carbons (Fsp3) is 0.100. The summed E-state index contributed by atoms with van der Waals surface area (Å²) in [5.41, 5.74) is 2.13. The number of aromatic amines is 1. The molecule has 1 aromatic heterocycles. The quantitative estimate of drug-likeness (QED) is 0.801. The van der Waals surface area contributed by atoms with E-state index in [1.54, 1.807) is 0 Å². The highest BCUT2D eigenvalue weighted by Gasteiger charge is 2.01. The van der Waals surface area contributed by atoms with E-state index in [-0.39, 0.29) is 0 Å². The highest BCUT2D eigenvalue weighted by molar-refractivity contribution is 9.10. The van der Waals surface area contributed by atoms with Crippen molar-refractivity contribution in [2.45, 2.75) is 6.42 Å². The monoisotopic (exact) mass is 237 g/mol. The van der Waals surface area contributed by atoms with E-state index in [1.165, 1.54) is 0 Å². The molecule has 0 spiro atoms. The van der Waals surface area contributed by atoms with Crippen LogP contribution in [0.15, 0.2) is 28.9 Å². The number of halogens is 1. The van der Waals surface area contributed by atoms with Crippen molar-refractivity contribution < 1.29 is 4.79 Å². The van der Waals surface area contributed by atoms with Crippen LogP contribution in [-0.4, -0.2) is 11.3 Å². The van der Waals surface area contributed by atoms with Gasteiger partial charge < -0.3 is 9.78 Å². The summed E-state index contributed by atoms with van der Waals surface area (Å²) in [4.78, 5) is 13.4. The van der Waals surface area contributed by atoms with Crippen molar-refractivity contribution in [1.82, 2.24) is 4.98 Å². The van der Waals surface area contributed by atoms with E-state index in [0.29, 0.717) is 6.42 Å². The molecule has 0 atom stereocenters. The van der Waals surface area contributed by atoms with Gasteiger partial charge in [0.15, 0.2) is 0 Å². The van der Waals surface area contributed by atoms with Gasteiger partial charge >= 0.3 is 0 Å². The van der Waals surface area contributed by atoms with Gasteiger partial charge in [0.2, 0.25) is 0 Å². The predicted molar refractivity (Wildman–Crippen MR) is 55.8 cm³/mol. The van der Waals surface area contributed by atoms with E-state index in [1.807, 2.05) is 24.4 Å². The third kappa shape index (κ3) is 1.52. The number of nitrogens with one attached hydrogen (secondary N) is 1. The van der Waals surface area contributed by atoms with Crippen molar-refractivity contribution in [3.05, 3.63) is 34.4 Å². The Morgan fingerprint density at radius 1 is 1.46 bits per heavy atom. The van der Waals surface area contributed by atoms with Gasteiger partial charge in [0.1, 0.15) is 6.29 Å². The van der Waals surface area contributed by atoms with E-state index in [4.69, 9.17) is 0 Å². The molecule has 0 aliphatic heterocycles. The van der Waals surface area contributed by atoms with Gasteiger partial charge in [-0.05, 0) is 33.6 Å². The number of benzene rings is 1.